The van der Waals surface area contributed by atoms with Crippen LogP contribution >= 0.6 is 11.3 Å². The van der Waals surface area contributed by atoms with E-state index in [4.69, 9.17) is 13.9 Å². The molecular formula is C16H11N3O4S. The molecule has 0 unspecified atom stereocenters. The minimum atomic E-state index is -0.359. The van der Waals surface area contributed by atoms with Gasteiger partial charge in [-0.25, -0.2) is 0 Å². The Morgan fingerprint density at radius 2 is 2.08 bits per heavy atom. The van der Waals surface area contributed by atoms with Crippen molar-refractivity contribution < 1.29 is 18.7 Å². The monoisotopic (exact) mass is 341 g/mol. The molecule has 4 rings (SSSR count). The number of nitrogens with one attached hydrogen (secondary N) is 1. The predicted molar refractivity (Wildman–Crippen MR) is 88.1 cm³/mol. The third kappa shape index (κ3) is 2.99. The van der Waals surface area contributed by atoms with E-state index in [1.165, 1.54) is 17.6 Å². The number of furan rings is 1. The molecule has 0 spiro atoms. The van der Waals surface area contributed by atoms with Crippen LogP contribution in [0.3, 0.4) is 0 Å². The Morgan fingerprint density at radius 1 is 1.17 bits per heavy atom. The average molecular weight is 341 g/mol. The Hall–Kier alpha value is -3.13. The van der Waals surface area contributed by atoms with Gasteiger partial charge in [0.1, 0.15) is 5.01 Å². The van der Waals surface area contributed by atoms with Crippen LogP contribution in [-0.2, 0) is 0 Å². The number of ether oxygens (including phenoxy) is 2. The van der Waals surface area contributed by atoms with Crippen LogP contribution in [0.5, 0.6) is 11.5 Å². The van der Waals surface area contributed by atoms with Crippen LogP contribution in [0.1, 0.15) is 21.1 Å². The second-order valence-electron chi connectivity index (χ2n) is 4.82. The molecule has 0 aliphatic carbocycles. The van der Waals surface area contributed by atoms with Crippen LogP contribution in [0, 0.1) is 0 Å². The standard InChI is InChI=1S/C16H11N3O4S/c20-15(12-2-1-7-21-12)17-16-19-18-14(24-16)6-4-10-3-5-11-13(8-10)23-9-22-11/h1-8H,9H2,(H,17,19,20)/b6-4+. The van der Waals surface area contributed by atoms with Crippen LogP contribution in [0.15, 0.2) is 41.0 Å². The fraction of sp³-hybridized carbons (Fsp3) is 0.0625. The smallest absolute Gasteiger partial charge is 0.293 e. The van der Waals surface area contributed by atoms with Gasteiger partial charge in [-0.2, -0.15) is 0 Å². The van der Waals surface area contributed by atoms with Crippen LogP contribution in [0.2, 0.25) is 0 Å². The predicted octanol–water partition coefficient (Wildman–Crippen LogP) is 3.28. The second-order valence-corrected chi connectivity index (χ2v) is 5.83. The Kier molecular flexibility index (Phi) is 3.72. The van der Waals surface area contributed by atoms with Gasteiger partial charge in [-0.3, -0.25) is 10.1 Å². The van der Waals surface area contributed by atoms with Gasteiger partial charge in [0.25, 0.3) is 5.91 Å². The molecule has 1 aliphatic heterocycles. The molecule has 0 radical (unpaired) electrons. The van der Waals surface area contributed by atoms with E-state index < -0.39 is 0 Å². The quantitative estimate of drug-likeness (QED) is 0.784. The number of aromatic nitrogens is 2. The van der Waals surface area contributed by atoms with Gasteiger partial charge in [-0.05, 0) is 35.9 Å². The van der Waals surface area contributed by atoms with Crippen LogP contribution in [0.25, 0.3) is 12.2 Å². The second kappa shape index (κ2) is 6.17. The van der Waals surface area contributed by atoms with Gasteiger partial charge in [0.2, 0.25) is 11.9 Å². The first kappa shape index (κ1) is 14.5. The first-order chi connectivity index (χ1) is 11.8. The van der Waals surface area contributed by atoms with Crippen molar-refractivity contribution in [2.75, 3.05) is 12.1 Å². The molecule has 1 aliphatic rings. The molecule has 1 N–H and O–H groups in total. The number of carbonyl (C=O) groups is 1. The summed E-state index contributed by atoms with van der Waals surface area (Å²) < 4.78 is 15.6. The SMILES string of the molecule is O=C(Nc1nnc(/C=C/c2ccc3c(c2)OCO3)s1)c1ccco1. The lowest BCUT2D eigenvalue weighted by atomic mass is 10.2. The third-order valence-corrected chi connectivity index (χ3v) is 4.02. The van der Waals surface area contributed by atoms with Gasteiger partial charge in [-0.15, -0.1) is 10.2 Å². The molecule has 0 atom stereocenters. The van der Waals surface area contributed by atoms with Crippen molar-refractivity contribution in [2.24, 2.45) is 0 Å². The van der Waals surface area contributed by atoms with E-state index in [1.54, 1.807) is 12.1 Å². The maximum Gasteiger partial charge on any atom is 0.293 e. The summed E-state index contributed by atoms with van der Waals surface area (Å²) in [5, 5.41) is 11.7. The van der Waals surface area contributed by atoms with E-state index in [-0.39, 0.29) is 18.5 Å². The Balaban J connectivity index is 1.44. The topological polar surface area (TPSA) is 86.5 Å². The van der Waals surface area contributed by atoms with E-state index in [1.807, 2.05) is 30.4 Å². The molecule has 24 heavy (non-hydrogen) atoms. The van der Waals surface area contributed by atoms with Crippen LogP contribution in [0.4, 0.5) is 5.13 Å². The fourth-order valence-corrected chi connectivity index (χ4v) is 2.74. The fourth-order valence-electron chi connectivity index (χ4n) is 2.10. The van der Waals surface area contributed by atoms with Gasteiger partial charge in [0, 0.05) is 0 Å². The van der Waals surface area contributed by atoms with Crippen LogP contribution in [-0.4, -0.2) is 22.9 Å². The molecular weight excluding hydrogens is 330 g/mol. The van der Waals surface area contributed by atoms with Gasteiger partial charge < -0.3 is 13.9 Å². The summed E-state index contributed by atoms with van der Waals surface area (Å²) in [4.78, 5) is 11.9. The van der Waals surface area contributed by atoms with E-state index >= 15 is 0 Å². The summed E-state index contributed by atoms with van der Waals surface area (Å²) >= 11 is 1.26. The Morgan fingerprint density at radius 3 is 2.96 bits per heavy atom. The summed E-state index contributed by atoms with van der Waals surface area (Å²) in [6.45, 7) is 0.248. The largest absolute Gasteiger partial charge is 0.459 e. The summed E-state index contributed by atoms with van der Waals surface area (Å²) in [6, 6.07) is 8.90. The average Bonchev–Trinajstić information content (AvgIpc) is 3.33. The van der Waals surface area contributed by atoms with E-state index in [2.05, 4.69) is 15.5 Å². The lowest BCUT2D eigenvalue weighted by Gasteiger charge is -1.97. The zero-order chi connectivity index (χ0) is 16.4. The Bertz CT molecular complexity index is 902. The van der Waals surface area contributed by atoms with Crippen molar-refractivity contribution >= 4 is 34.5 Å². The van der Waals surface area contributed by atoms with Gasteiger partial charge >= 0.3 is 0 Å². The van der Waals surface area contributed by atoms with Crippen molar-refractivity contribution in [3.8, 4) is 11.5 Å². The van der Waals surface area contributed by atoms with E-state index in [0.29, 0.717) is 10.1 Å². The number of fused-ring (bicyclic) bond motifs is 1. The molecule has 3 heterocycles. The molecule has 0 bridgehead atoms. The Labute approximate surface area is 140 Å². The molecule has 0 fully saturated rings. The third-order valence-electron chi connectivity index (χ3n) is 3.22. The van der Waals surface area contributed by atoms with Gasteiger partial charge in [0.15, 0.2) is 17.3 Å². The maximum absolute atomic E-state index is 11.9. The normalized spacial score (nSPS) is 12.7. The lowest BCUT2D eigenvalue weighted by Crippen LogP contribution is -2.10. The zero-order valence-corrected chi connectivity index (χ0v) is 13.1. The number of hydrogen-bond donors (Lipinski definition) is 1. The molecule has 3 aromatic rings. The molecule has 0 saturated carbocycles. The molecule has 2 aromatic heterocycles. The van der Waals surface area contributed by atoms with E-state index in [0.717, 1.165) is 17.1 Å². The minimum absolute atomic E-state index is 0.225. The van der Waals surface area contributed by atoms with Crippen LogP contribution < -0.4 is 14.8 Å². The summed E-state index contributed by atoms with van der Waals surface area (Å²) in [5.74, 6) is 1.33. The minimum Gasteiger partial charge on any atom is -0.459 e. The highest BCUT2D eigenvalue weighted by molar-refractivity contribution is 7.16. The lowest BCUT2D eigenvalue weighted by molar-refractivity contribution is 0.0996. The van der Waals surface area contributed by atoms with E-state index in [9.17, 15) is 4.79 Å². The molecule has 8 heteroatoms. The van der Waals surface area contributed by atoms with Crippen molar-refractivity contribution in [2.45, 2.75) is 0 Å². The highest BCUT2D eigenvalue weighted by Gasteiger charge is 2.13. The highest BCUT2D eigenvalue weighted by atomic mass is 32.1. The van der Waals surface area contributed by atoms with Crippen molar-refractivity contribution in [1.82, 2.24) is 10.2 Å². The van der Waals surface area contributed by atoms with Gasteiger partial charge in [0.05, 0.1) is 6.26 Å². The van der Waals surface area contributed by atoms with Gasteiger partial charge in [-0.1, -0.05) is 23.5 Å². The number of amides is 1. The van der Waals surface area contributed by atoms with Crippen molar-refractivity contribution in [3.05, 3.63) is 52.9 Å². The molecule has 120 valence electrons. The first-order valence-electron chi connectivity index (χ1n) is 7.04. The number of benzene rings is 1. The number of anilines is 1. The summed E-state index contributed by atoms with van der Waals surface area (Å²) in [5.41, 5.74) is 0.954. The summed E-state index contributed by atoms with van der Waals surface area (Å²) in [6.07, 6.45) is 5.15. The highest BCUT2D eigenvalue weighted by Crippen LogP contribution is 2.33. The number of carbonyl (C=O) groups excluding carboxylic acids is 1. The molecule has 0 saturated heterocycles. The zero-order valence-electron chi connectivity index (χ0n) is 12.3. The molecule has 7 nitrogen and oxygen atoms in total. The number of hydrogen-bond acceptors (Lipinski definition) is 7. The maximum atomic E-state index is 11.9. The molecule has 1 aromatic carbocycles. The van der Waals surface area contributed by atoms with Crippen molar-refractivity contribution in [3.63, 3.8) is 0 Å². The van der Waals surface area contributed by atoms with Crippen molar-refractivity contribution in [1.29, 1.82) is 0 Å². The first-order valence-corrected chi connectivity index (χ1v) is 7.86. The number of nitrogens with zero attached hydrogens (tertiary/aromatic N) is 2. The summed E-state index contributed by atoms with van der Waals surface area (Å²) in [7, 11) is 0. The molecule has 1 amide bonds. The number of rotatable bonds is 4.